The zero-order valence-corrected chi connectivity index (χ0v) is 8.93. The third kappa shape index (κ3) is 2.97. The van der Waals surface area contributed by atoms with E-state index in [1.54, 1.807) is 7.05 Å². The number of carbonyl (C=O) groups is 1. The summed E-state index contributed by atoms with van der Waals surface area (Å²) in [7, 11) is 1.60. The van der Waals surface area contributed by atoms with Gasteiger partial charge in [-0.1, -0.05) is 0 Å². The van der Waals surface area contributed by atoms with E-state index in [0.717, 1.165) is 0 Å². The van der Waals surface area contributed by atoms with Gasteiger partial charge in [0.25, 0.3) is 0 Å². The zero-order chi connectivity index (χ0) is 12.1. The highest BCUT2D eigenvalue weighted by Crippen LogP contribution is 2.03. The van der Waals surface area contributed by atoms with Crippen LogP contribution in [0.15, 0.2) is 23.1 Å². The molecular formula is C11H13N3O2. The SMILES string of the molecule is C#CCC(N)C(=O)Nc1ccc(=O)n(C)c1. The van der Waals surface area contributed by atoms with Crippen LogP contribution in [0, 0.1) is 12.3 Å². The number of rotatable bonds is 3. The molecule has 0 saturated heterocycles. The summed E-state index contributed by atoms with van der Waals surface area (Å²) in [5.41, 5.74) is 5.89. The lowest BCUT2D eigenvalue weighted by Crippen LogP contribution is -2.35. The molecule has 84 valence electrons. The van der Waals surface area contributed by atoms with Gasteiger partial charge < -0.3 is 15.6 Å². The second kappa shape index (κ2) is 5.14. The number of nitrogens with one attached hydrogen (secondary N) is 1. The molecule has 5 heteroatoms. The number of aryl methyl sites for hydroxylation is 1. The maximum absolute atomic E-state index is 11.5. The maximum atomic E-state index is 11.5. The van der Waals surface area contributed by atoms with Gasteiger partial charge in [-0.05, 0) is 6.07 Å². The normalized spacial score (nSPS) is 11.6. The number of terminal acetylenes is 1. The summed E-state index contributed by atoms with van der Waals surface area (Å²) in [4.78, 5) is 22.6. The summed E-state index contributed by atoms with van der Waals surface area (Å²) in [5.74, 6) is 1.95. The molecule has 0 fully saturated rings. The Balaban J connectivity index is 2.74. The molecule has 0 radical (unpaired) electrons. The minimum absolute atomic E-state index is 0.147. The predicted octanol–water partition coefficient (Wildman–Crippen LogP) is -0.326. The van der Waals surface area contributed by atoms with E-state index < -0.39 is 6.04 Å². The lowest BCUT2D eigenvalue weighted by molar-refractivity contribution is -0.117. The average Bonchev–Trinajstić information content (AvgIpc) is 2.24. The zero-order valence-electron chi connectivity index (χ0n) is 8.93. The first-order valence-electron chi connectivity index (χ1n) is 4.71. The van der Waals surface area contributed by atoms with Gasteiger partial charge in [0.15, 0.2) is 0 Å². The summed E-state index contributed by atoms with van der Waals surface area (Å²) in [6.07, 6.45) is 6.74. The van der Waals surface area contributed by atoms with Gasteiger partial charge >= 0.3 is 0 Å². The summed E-state index contributed by atoms with van der Waals surface area (Å²) < 4.78 is 1.36. The molecule has 0 aliphatic carbocycles. The van der Waals surface area contributed by atoms with Crippen LogP contribution in [0.4, 0.5) is 5.69 Å². The molecule has 0 spiro atoms. The minimum Gasteiger partial charge on any atom is -0.323 e. The predicted molar refractivity (Wildman–Crippen MR) is 61.7 cm³/mol. The molecule has 3 N–H and O–H groups in total. The molecule has 1 aromatic rings. The van der Waals surface area contributed by atoms with Crippen LogP contribution in [-0.2, 0) is 11.8 Å². The van der Waals surface area contributed by atoms with Crippen molar-refractivity contribution in [2.24, 2.45) is 12.8 Å². The van der Waals surface area contributed by atoms with Crippen molar-refractivity contribution in [2.45, 2.75) is 12.5 Å². The fraction of sp³-hybridized carbons (Fsp3) is 0.273. The van der Waals surface area contributed by atoms with Crippen molar-refractivity contribution < 1.29 is 4.79 Å². The van der Waals surface area contributed by atoms with Crippen molar-refractivity contribution in [1.82, 2.24) is 4.57 Å². The molecule has 0 saturated carbocycles. The monoisotopic (exact) mass is 219 g/mol. The molecule has 1 heterocycles. The first-order valence-corrected chi connectivity index (χ1v) is 4.71. The lowest BCUT2D eigenvalue weighted by atomic mass is 10.2. The van der Waals surface area contributed by atoms with Gasteiger partial charge in [-0.15, -0.1) is 12.3 Å². The maximum Gasteiger partial charge on any atom is 0.250 e. The molecule has 1 rings (SSSR count). The van der Waals surface area contributed by atoms with Gasteiger partial charge in [0.2, 0.25) is 11.5 Å². The number of carbonyl (C=O) groups excluding carboxylic acids is 1. The molecule has 0 bridgehead atoms. The van der Waals surface area contributed by atoms with Gasteiger partial charge in [-0.25, -0.2) is 0 Å². The molecular weight excluding hydrogens is 206 g/mol. The van der Waals surface area contributed by atoms with Crippen LogP contribution in [0.2, 0.25) is 0 Å². The van der Waals surface area contributed by atoms with E-state index in [1.807, 2.05) is 0 Å². The lowest BCUT2D eigenvalue weighted by Gasteiger charge is -2.10. The Labute approximate surface area is 93.3 Å². The van der Waals surface area contributed by atoms with Crippen molar-refractivity contribution in [2.75, 3.05) is 5.32 Å². The first-order chi connectivity index (χ1) is 7.54. The Hall–Kier alpha value is -2.06. The summed E-state index contributed by atoms with van der Waals surface area (Å²) >= 11 is 0. The first kappa shape index (κ1) is 12.0. The summed E-state index contributed by atoms with van der Waals surface area (Å²) in [5, 5.41) is 2.58. The van der Waals surface area contributed by atoms with Gasteiger partial charge in [0, 0.05) is 25.7 Å². The summed E-state index contributed by atoms with van der Waals surface area (Å²) in [6.45, 7) is 0. The van der Waals surface area contributed by atoms with Crippen LogP contribution in [-0.4, -0.2) is 16.5 Å². The second-order valence-corrected chi connectivity index (χ2v) is 3.37. The van der Waals surface area contributed by atoms with Crippen LogP contribution in [0.25, 0.3) is 0 Å². The molecule has 0 aromatic carbocycles. The molecule has 5 nitrogen and oxygen atoms in total. The summed E-state index contributed by atoms with van der Waals surface area (Å²) in [6, 6.07) is 2.15. The molecule has 16 heavy (non-hydrogen) atoms. The third-order valence-corrected chi connectivity index (χ3v) is 2.03. The van der Waals surface area contributed by atoms with Crippen LogP contribution in [0.1, 0.15) is 6.42 Å². The number of aromatic nitrogens is 1. The molecule has 0 aliphatic rings. The second-order valence-electron chi connectivity index (χ2n) is 3.37. The number of hydrogen-bond acceptors (Lipinski definition) is 3. The van der Waals surface area contributed by atoms with Crippen LogP contribution >= 0.6 is 0 Å². The highest BCUT2D eigenvalue weighted by molar-refractivity contribution is 5.94. The van der Waals surface area contributed by atoms with Gasteiger partial charge in [-0.3, -0.25) is 9.59 Å². The number of anilines is 1. The number of nitrogens with two attached hydrogens (primary N) is 1. The fourth-order valence-corrected chi connectivity index (χ4v) is 1.12. The van der Waals surface area contributed by atoms with E-state index >= 15 is 0 Å². The minimum atomic E-state index is -0.734. The molecule has 1 aromatic heterocycles. The Morgan fingerprint density at radius 1 is 1.69 bits per heavy atom. The largest absolute Gasteiger partial charge is 0.323 e. The van der Waals surface area contributed by atoms with E-state index in [2.05, 4.69) is 11.2 Å². The van der Waals surface area contributed by atoms with Crippen molar-refractivity contribution in [3.05, 3.63) is 28.7 Å². The standard InChI is InChI=1S/C11H13N3O2/c1-3-4-9(12)11(16)13-8-5-6-10(15)14(2)7-8/h1,5-7,9H,4,12H2,2H3,(H,13,16). The Morgan fingerprint density at radius 2 is 2.38 bits per heavy atom. The van der Waals surface area contributed by atoms with Gasteiger partial charge in [0.05, 0.1) is 11.7 Å². The number of pyridine rings is 1. The van der Waals surface area contributed by atoms with E-state index in [-0.39, 0.29) is 17.9 Å². The van der Waals surface area contributed by atoms with Crippen LogP contribution in [0.3, 0.4) is 0 Å². The molecule has 0 aliphatic heterocycles. The number of amides is 1. The highest BCUT2D eigenvalue weighted by atomic mass is 16.2. The Bertz CT molecular complexity index is 485. The van der Waals surface area contributed by atoms with Crippen molar-refractivity contribution in [3.8, 4) is 12.3 Å². The van der Waals surface area contributed by atoms with Gasteiger partial charge in [-0.2, -0.15) is 0 Å². The fourth-order valence-electron chi connectivity index (χ4n) is 1.12. The van der Waals surface area contributed by atoms with Gasteiger partial charge in [0.1, 0.15) is 0 Å². The quantitative estimate of drug-likeness (QED) is 0.684. The van der Waals surface area contributed by atoms with E-state index in [0.29, 0.717) is 5.69 Å². The van der Waals surface area contributed by atoms with Crippen molar-refractivity contribution >= 4 is 11.6 Å². The van der Waals surface area contributed by atoms with E-state index in [9.17, 15) is 9.59 Å². The molecule has 1 unspecified atom stereocenters. The number of hydrogen-bond donors (Lipinski definition) is 2. The average molecular weight is 219 g/mol. The van der Waals surface area contributed by atoms with Crippen molar-refractivity contribution in [3.63, 3.8) is 0 Å². The van der Waals surface area contributed by atoms with Crippen LogP contribution in [0.5, 0.6) is 0 Å². The Kier molecular flexibility index (Phi) is 3.86. The van der Waals surface area contributed by atoms with Crippen molar-refractivity contribution in [1.29, 1.82) is 0 Å². The topological polar surface area (TPSA) is 77.1 Å². The Morgan fingerprint density at radius 3 is 2.94 bits per heavy atom. The number of nitrogens with zero attached hydrogens (tertiary/aromatic N) is 1. The van der Waals surface area contributed by atoms with E-state index in [1.165, 1.54) is 22.9 Å². The highest BCUT2D eigenvalue weighted by Gasteiger charge is 2.12. The van der Waals surface area contributed by atoms with E-state index in [4.69, 9.17) is 12.2 Å². The van der Waals surface area contributed by atoms with Crippen LogP contribution < -0.4 is 16.6 Å². The molecule has 1 atom stereocenters. The smallest absolute Gasteiger partial charge is 0.250 e. The molecule has 1 amide bonds. The third-order valence-electron chi connectivity index (χ3n) is 2.03.